The van der Waals surface area contributed by atoms with Gasteiger partial charge in [-0.25, -0.2) is 0 Å². The third kappa shape index (κ3) is 5.79. The number of benzene rings is 12. The molecule has 2 aliphatic carbocycles. The van der Waals surface area contributed by atoms with Gasteiger partial charge >= 0.3 is 0 Å². The Morgan fingerprint density at radius 2 is 0.707 bits per heavy atom. The van der Waals surface area contributed by atoms with Gasteiger partial charge in [-0.05, 0) is 176 Å². The molecular weight excluding hydrogens is 913 g/mol. The fraction of sp³-hybridized carbons (Fsp3) is 0. The molecule has 5 nitrogen and oxygen atoms in total. The second kappa shape index (κ2) is 15.8. The Kier molecular flexibility index (Phi) is 8.85. The lowest BCUT2D eigenvalue weighted by Gasteiger charge is -2.22. The Hall–Kier alpha value is -10.8. The van der Waals surface area contributed by atoms with Crippen LogP contribution < -0.4 is 0 Å². The predicted octanol–water partition coefficient (Wildman–Crippen LogP) is 18.2. The van der Waals surface area contributed by atoms with Crippen molar-refractivity contribution in [2.45, 2.75) is 0 Å². The van der Waals surface area contributed by atoms with E-state index in [2.05, 4.69) is 164 Å². The first-order valence-electron chi connectivity index (χ1n) is 24.8. The highest BCUT2D eigenvalue weighted by atomic mass is 16.3. The summed E-state index contributed by atoms with van der Waals surface area (Å²) in [7, 11) is 0. The quantitative estimate of drug-likeness (QED) is 0.171. The van der Waals surface area contributed by atoms with Crippen LogP contribution in [0.15, 0.2) is 211 Å². The van der Waals surface area contributed by atoms with E-state index in [1.54, 1.807) is 24.3 Å². The van der Waals surface area contributed by atoms with Crippen molar-refractivity contribution in [1.82, 2.24) is 0 Å². The minimum absolute atomic E-state index is 0.443. The zero-order chi connectivity index (χ0) is 50.1. The minimum Gasteiger partial charge on any atom is -0.456 e. The number of hydrogen-bond acceptors (Lipinski definition) is 5. The third-order valence-electron chi connectivity index (χ3n) is 15.7. The summed E-state index contributed by atoms with van der Waals surface area (Å²) in [4.78, 5) is 0. The highest BCUT2D eigenvalue weighted by molar-refractivity contribution is 6.35. The summed E-state index contributed by atoms with van der Waals surface area (Å²) in [6.45, 7) is 0. The Morgan fingerprint density at radius 3 is 1.23 bits per heavy atom. The molecule has 15 rings (SSSR count). The van der Waals surface area contributed by atoms with Crippen LogP contribution in [0.3, 0.4) is 0 Å². The molecule has 0 fully saturated rings. The van der Waals surface area contributed by atoms with Crippen molar-refractivity contribution in [3.63, 3.8) is 0 Å². The standard InChI is InChI=1S/C70H34N4O/c71-35-39-22-24-44(37-73)55(32-39)63-47-16-7-8-17-48(47)64(56-33-40(36-72)23-25-45(56)38-74)70-54-31-29-52-65-51(28-30-53(66(54)65)69(63)70)67-60(41-12-3-1-4-13-41)49-27-26-43(34-57(49)61(68(52)67)42-14-5-2-6-15-42)46-19-11-21-59-62(46)50-18-9-10-20-58(50)75-59/h1-34H. The van der Waals surface area contributed by atoms with E-state index < -0.39 is 0 Å². The molecule has 0 spiro atoms. The van der Waals surface area contributed by atoms with Crippen molar-refractivity contribution in [1.29, 1.82) is 21.0 Å². The molecular formula is C70H34N4O. The summed E-state index contributed by atoms with van der Waals surface area (Å²) in [6.07, 6.45) is 0. The number of nitrogens with zero attached hydrogens (tertiary/aromatic N) is 4. The Balaban J connectivity index is 1.11. The maximum atomic E-state index is 10.8. The minimum atomic E-state index is 0.443. The molecule has 0 bridgehead atoms. The van der Waals surface area contributed by atoms with Crippen molar-refractivity contribution < 1.29 is 4.42 Å². The lowest BCUT2D eigenvalue weighted by atomic mass is 9.80. The topological polar surface area (TPSA) is 108 Å². The van der Waals surface area contributed by atoms with Gasteiger partial charge in [0, 0.05) is 21.9 Å². The lowest BCUT2D eigenvalue weighted by Crippen LogP contribution is -1.97. The summed E-state index contributed by atoms with van der Waals surface area (Å²) in [5.41, 5.74) is 21.5. The molecule has 75 heavy (non-hydrogen) atoms. The molecule has 13 aromatic rings. The van der Waals surface area contributed by atoms with Gasteiger partial charge in [0.1, 0.15) is 11.2 Å². The summed E-state index contributed by atoms with van der Waals surface area (Å²) in [6, 6.07) is 80.3. The highest BCUT2D eigenvalue weighted by Crippen LogP contribution is 2.65. The molecule has 0 unspecified atom stereocenters. The van der Waals surface area contributed by atoms with E-state index in [-0.39, 0.29) is 0 Å². The average Bonchev–Trinajstić information content (AvgIpc) is 4.15. The fourth-order valence-electron chi connectivity index (χ4n) is 12.7. The van der Waals surface area contributed by atoms with Gasteiger partial charge in [0.2, 0.25) is 0 Å². The maximum absolute atomic E-state index is 10.8. The average molecular weight is 947 g/mol. The Morgan fingerprint density at radius 1 is 0.253 bits per heavy atom. The van der Waals surface area contributed by atoms with E-state index >= 15 is 0 Å². The van der Waals surface area contributed by atoms with Gasteiger partial charge in [0.15, 0.2) is 0 Å². The largest absolute Gasteiger partial charge is 0.456 e. The molecule has 1 heterocycles. The second-order valence-electron chi connectivity index (χ2n) is 19.4. The van der Waals surface area contributed by atoms with Gasteiger partial charge in [-0.1, -0.05) is 152 Å². The molecule has 0 radical (unpaired) electrons. The van der Waals surface area contributed by atoms with Crippen LogP contribution in [0.2, 0.25) is 0 Å². The Bertz CT molecular complexity index is 4790. The zero-order valence-corrected chi connectivity index (χ0v) is 39.8. The maximum Gasteiger partial charge on any atom is 0.136 e. The molecule has 0 atom stereocenters. The molecule has 0 aliphatic heterocycles. The van der Waals surface area contributed by atoms with Crippen LogP contribution in [0.4, 0.5) is 0 Å². The van der Waals surface area contributed by atoms with Crippen LogP contribution in [0.1, 0.15) is 22.3 Å². The number of rotatable bonds is 5. The highest BCUT2D eigenvalue weighted by Gasteiger charge is 2.38. The predicted molar refractivity (Wildman–Crippen MR) is 301 cm³/mol. The van der Waals surface area contributed by atoms with E-state index in [1.807, 2.05) is 42.5 Å². The van der Waals surface area contributed by atoms with Crippen LogP contribution >= 0.6 is 0 Å². The number of para-hydroxylation sites is 1. The molecule has 0 N–H and O–H groups in total. The summed E-state index contributed by atoms with van der Waals surface area (Å²) in [5, 5.41) is 50.6. The van der Waals surface area contributed by atoms with E-state index in [0.29, 0.717) is 33.4 Å². The van der Waals surface area contributed by atoms with Gasteiger partial charge in [-0.3, -0.25) is 0 Å². The third-order valence-corrected chi connectivity index (χ3v) is 15.7. The monoisotopic (exact) mass is 946 g/mol. The van der Waals surface area contributed by atoms with Crippen LogP contribution in [0.25, 0.3) is 154 Å². The SMILES string of the molecule is N#Cc1ccc(C#N)c(-c2c3c(c(-c4cc(C#N)ccc4C#N)c4ccccc24)-c2ccc4c5c(ccc-3c25)-c2c-4c(-c3ccccc3)c3cc(-c4cccc5oc6ccccc6c45)ccc3c2-c2ccccc2)c1. The summed E-state index contributed by atoms with van der Waals surface area (Å²) < 4.78 is 6.43. The first-order valence-corrected chi connectivity index (χ1v) is 24.8. The number of hydrogen-bond donors (Lipinski definition) is 0. The van der Waals surface area contributed by atoms with Crippen LogP contribution in [-0.2, 0) is 0 Å². The van der Waals surface area contributed by atoms with Crippen molar-refractivity contribution >= 4 is 54.3 Å². The van der Waals surface area contributed by atoms with Crippen LogP contribution in [0.5, 0.6) is 0 Å². The van der Waals surface area contributed by atoms with Gasteiger partial charge in [-0.15, -0.1) is 0 Å². The first kappa shape index (κ1) is 41.9. The zero-order valence-electron chi connectivity index (χ0n) is 39.8. The molecule has 340 valence electrons. The van der Waals surface area contributed by atoms with Gasteiger partial charge < -0.3 is 4.42 Å². The van der Waals surface area contributed by atoms with E-state index in [0.717, 1.165) is 143 Å². The fourth-order valence-corrected chi connectivity index (χ4v) is 12.7. The van der Waals surface area contributed by atoms with Crippen LogP contribution in [-0.4, -0.2) is 0 Å². The van der Waals surface area contributed by atoms with Crippen molar-refractivity contribution in [3.8, 4) is 124 Å². The van der Waals surface area contributed by atoms with E-state index in [9.17, 15) is 21.0 Å². The second-order valence-corrected chi connectivity index (χ2v) is 19.4. The molecule has 5 heteroatoms. The molecule has 0 amide bonds. The van der Waals surface area contributed by atoms with Crippen molar-refractivity contribution in [3.05, 3.63) is 229 Å². The smallest absolute Gasteiger partial charge is 0.136 e. The summed E-state index contributed by atoms with van der Waals surface area (Å²) >= 11 is 0. The van der Waals surface area contributed by atoms with Gasteiger partial charge in [-0.2, -0.15) is 21.0 Å². The van der Waals surface area contributed by atoms with Gasteiger partial charge in [0.25, 0.3) is 0 Å². The first-order chi connectivity index (χ1) is 37.1. The normalized spacial score (nSPS) is 11.7. The number of nitriles is 4. The van der Waals surface area contributed by atoms with E-state index in [1.165, 1.54) is 0 Å². The van der Waals surface area contributed by atoms with Crippen molar-refractivity contribution in [2.24, 2.45) is 0 Å². The van der Waals surface area contributed by atoms with Gasteiger partial charge in [0.05, 0.1) is 46.5 Å². The molecule has 0 saturated carbocycles. The molecule has 1 aromatic heterocycles. The lowest BCUT2D eigenvalue weighted by molar-refractivity contribution is 0.669. The van der Waals surface area contributed by atoms with Crippen molar-refractivity contribution in [2.75, 3.05) is 0 Å². The summed E-state index contributed by atoms with van der Waals surface area (Å²) in [5.74, 6) is 0. The number of fused-ring (bicyclic) bond motifs is 11. The molecule has 2 aliphatic rings. The number of furan rings is 1. The Labute approximate surface area is 430 Å². The molecule has 12 aromatic carbocycles. The molecule has 0 saturated heterocycles. The van der Waals surface area contributed by atoms with Crippen LogP contribution in [0, 0.1) is 45.3 Å². The van der Waals surface area contributed by atoms with E-state index in [4.69, 9.17) is 4.42 Å².